The van der Waals surface area contributed by atoms with Crippen molar-refractivity contribution in [1.29, 1.82) is 0 Å². The van der Waals surface area contributed by atoms with E-state index in [1.54, 1.807) is 27.8 Å². The molecule has 0 spiro atoms. The second-order valence-electron chi connectivity index (χ2n) is 7.45. The molecule has 0 bridgehead atoms. The van der Waals surface area contributed by atoms with Crippen LogP contribution < -0.4 is 16.0 Å². The van der Waals surface area contributed by atoms with Gasteiger partial charge in [0.05, 0.1) is 10.8 Å². The van der Waals surface area contributed by atoms with Crippen LogP contribution in [0.1, 0.15) is 26.6 Å². The van der Waals surface area contributed by atoms with E-state index in [4.69, 9.17) is 0 Å². The fraction of sp³-hybridized carbons (Fsp3) is 0.318. The van der Waals surface area contributed by atoms with Gasteiger partial charge >= 0.3 is 0 Å². The molecule has 3 N–H and O–H groups in total. The Morgan fingerprint density at radius 3 is 2.74 bits per heavy atom. The summed E-state index contributed by atoms with van der Waals surface area (Å²) in [5.74, 6) is 0.954. The number of thiophene rings is 1. The standard InChI is InChI=1S/C22H25N5O2S2/c1-14-15(2)23-22(25-21(14)29)27-19(13-17(26-27)18-9-6-11-31-18)24-20(28)10-12-30-16-7-4-3-5-8-16/h3-9,11,13-15,22-23H,10,12H2,1-2H3,(H,24,28)(H,25,29). The first-order valence-electron chi connectivity index (χ1n) is 10.2. The molecule has 31 heavy (non-hydrogen) atoms. The summed E-state index contributed by atoms with van der Waals surface area (Å²) in [6.45, 7) is 3.86. The Hall–Kier alpha value is -2.62. The first-order valence-corrected chi connectivity index (χ1v) is 12.1. The normalized spacial score (nSPS) is 21.0. The van der Waals surface area contributed by atoms with Crippen LogP contribution in [-0.2, 0) is 9.59 Å². The lowest BCUT2D eigenvalue weighted by molar-refractivity contribution is -0.130. The van der Waals surface area contributed by atoms with Crippen LogP contribution in [-0.4, -0.2) is 33.4 Å². The number of aromatic nitrogens is 2. The highest BCUT2D eigenvalue weighted by molar-refractivity contribution is 7.99. The minimum Gasteiger partial charge on any atom is -0.322 e. The van der Waals surface area contributed by atoms with Gasteiger partial charge in [0.1, 0.15) is 11.5 Å². The van der Waals surface area contributed by atoms with Crippen LogP contribution in [0.25, 0.3) is 10.6 Å². The van der Waals surface area contributed by atoms with Crippen molar-refractivity contribution in [2.75, 3.05) is 11.1 Å². The number of carbonyl (C=O) groups excluding carboxylic acids is 2. The summed E-state index contributed by atoms with van der Waals surface area (Å²) in [7, 11) is 0. The molecule has 3 aromatic rings. The molecule has 3 atom stereocenters. The van der Waals surface area contributed by atoms with Crippen LogP contribution in [0.4, 0.5) is 5.82 Å². The Kier molecular flexibility index (Phi) is 6.74. The lowest BCUT2D eigenvalue weighted by Crippen LogP contribution is -2.57. The lowest BCUT2D eigenvalue weighted by atomic mass is 10.0. The van der Waals surface area contributed by atoms with E-state index in [1.807, 2.05) is 67.8 Å². The molecule has 1 aromatic carbocycles. The molecule has 9 heteroatoms. The molecule has 3 unspecified atom stereocenters. The number of amides is 2. The van der Waals surface area contributed by atoms with Gasteiger partial charge in [0.2, 0.25) is 11.8 Å². The maximum atomic E-state index is 12.6. The molecule has 0 aliphatic carbocycles. The van der Waals surface area contributed by atoms with Gasteiger partial charge in [-0.3, -0.25) is 14.9 Å². The minimum absolute atomic E-state index is 0.0149. The number of anilines is 1. The Morgan fingerprint density at radius 2 is 2.03 bits per heavy atom. The summed E-state index contributed by atoms with van der Waals surface area (Å²) >= 11 is 3.22. The molecule has 7 nitrogen and oxygen atoms in total. The molecule has 1 fully saturated rings. The topological polar surface area (TPSA) is 88.1 Å². The van der Waals surface area contributed by atoms with Gasteiger partial charge in [0.25, 0.3) is 0 Å². The number of nitrogens with zero attached hydrogens (tertiary/aromatic N) is 2. The van der Waals surface area contributed by atoms with Gasteiger partial charge in [-0.15, -0.1) is 23.1 Å². The van der Waals surface area contributed by atoms with Crippen molar-refractivity contribution in [2.45, 2.75) is 37.5 Å². The highest BCUT2D eigenvalue weighted by Gasteiger charge is 2.32. The van der Waals surface area contributed by atoms with Gasteiger partial charge in [0.15, 0.2) is 6.29 Å². The second kappa shape index (κ2) is 9.67. The van der Waals surface area contributed by atoms with Crippen molar-refractivity contribution in [1.82, 2.24) is 20.4 Å². The average molecular weight is 456 g/mol. The number of hydrogen-bond donors (Lipinski definition) is 3. The molecule has 2 aromatic heterocycles. The number of rotatable bonds is 7. The quantitative estimate of drug-likeness (QED) is 0.470. The summed E-state index contributed by atoms with van der Waals surface area (Å²) < 4.78 is 1.65. The molecule has 0 radical (unpaired) electrons. The molecule has 4 rings (SSSR count). The first kappa shape index (κ1) is 21.6. The smallest absolute Gasteiger partial charge is 0.227 e. The third-order valence-electron chi connectivity index (χ3n) is 5.23. The number of benzene rings is 1. The van der Waals surface area contributed by atoms with Crippen molar-refractivity contribution in [3.63, 3.8) is 0 Å². The zero-order valence-electron chi connectivity index (χ0n) is 17.4. The Morgan fingerprint density at radius 1 is 1.23 bits per heavy atom. The predicted octanol–water partition coefficient (Wildman–Crippen LogP) is 3.93. The van der Waals surface area contributed by atoms with E-state index in [-0.39, 0.29) is 23.8 Å². The molecule has 0 saturated carbocycles. The van der Waals surface area contributed by atoms with Crippen LogP contribution in [0, 0.1) is 5.92 Å². The number of carbonyl (C=O) groups is 2. The van der Waals surface area contributed by atoms with Crippen LogP contribution in [0.5, 0.6) is 0 Å². The van der Waals surface area contributed by atoms with E-state index in [0.717, 1.165) is 15.5 Å². The van der Waals surface area contributed by atoms with Gasteiger partial charge < -0.3 is 10.6 Å². The number of nitrogens with one attached hydrogen (secondary N) is 3. The van der Waals surface area contributed by atoms with E-state index in [9.17, 15) is 9.59 Å². The lowest BCUT2D eigenvalue weighted by Gasteiger charge is -2.34. The van der Waals surface area contributed by atoms with Crippen molar-refractivity contribution in [3.05, 3.63) is 53.9 Å². The first-order chi connectivity index (χ1) is 15.0. The van der Waals surface area contributed by atoms with Gasteiger partial charge in [0, 0.05) is 29.2 Å². The van der Waals surface area contributed by atoms with Gasteiger partial charge in [-0.05, 0) is 30.5 Å². The maximum absolute atomic E-state index is 12.6. The van der Waals surface area contributed by atoms with E-state index < -0.39 is 6.29 Å². The third kappa shape index (κ3) is 5.17. The number of hydrogen-bond acceptors (Lipinski definition) is 6. The number of thioether (sulfide) groups is 1. The molecule has 162 valence electrons. The molecular weight excluding hydrogens is 430 g/mol. The highest BCUT2D eigenvalue weighted by Crippen LogP contribution is 2.28. The van der Waals surface area contributed by atoms with Crippen molar-refractivity contribution >= 4 is 40.7 Å². The average Bonchev–Trinajstić information content (AvgIpc) is 3.42. The largest absolute Gasteiger partial charge is 0.322 e. The van der Waals surface area contributed by atoms with Gasteiger partial charge in [-0.1, -0.05) is 31.2 Å². The monoisotopic (exact) mass is 455 g/mol. The maximum Gasteiger partial charge on any atom is 0.227 e. The summed E-state index contributed by atoms with van der Waals surface area (Å²) in [5, 5.41) is 16.0. The Bertz CT molecular complexity index is 1040. The summed E-state index contributed by atoms with van der Waals surface area (Å²) in [6.07, 6.45) is -0.154. The van der Waals surface area contributed by atoms with Crippen molar-refractivity contribution in [2.24, 2.45) is 5.92 Å². The molecule has 1 aliphatic heterocycles. The summed E-state index contributed by atoms with van der Waals surface area (Å²) in [5.41, 5.74) is 0.756. The van der Waals surface area contributed by atoms with E-state index in [1.165, 1.54) is 0 Å². The van der Waals surface area contributed by atoms with Crippen LogP contribution >= 0.6 is 23.1 Å². The summed E-state index contributed by atoms with van der Waals surface area (Å²) in [6, 6.07) is 15.8. The second-order valence-corrected chi connectivity index (χ2v) is 9.57. The minimum atomic E-state index is -0.526. The SMILES string of the molecule is CC1NC(n2nc(-c3cccs3)cc2NC(=O)CCSc2ccccc2)NC(=O)C1C. The Balaban J connectivity index is 1.49. The predicted molar refractivity (Wildman–Crippen MR) is 125 cm³/mol. The molecule has 3 heterocycles. The van der Waals surface area contributed by atoms with Crippen LogP contribution in [0.2, 0.25) is 0 Å². The van der Waals surface area contributed by atoms with Crippen LogP contribution in [0.15, 0.2) is 58.8 Å². The zero-order valence-corrected chi connectivity index (χ0v) is 19.0. The van der Waals surface area contributed by atoms with E-state index in [2.05, 4.69) is 21.0 Å². The molecular formula is C22H25N5O2S2. The summed E-state index contributed by atoms with van der Waals surface area (Å²) in [4.78, 5) is 27.1. The van der Waals surface area contributed by atoms with Crippen LogP contribution in [0.3, 0.4) is 0 Å². The van der Waals surface area contributed by atoms with Gasteiger partial charge in [-0.25, -0.2) is 4.68 Å². The molecule has 1 saturated heterocycles. The fourth-order valence-corrected chi connectivity index (χ4v) is 4.83. The van der Waals surface area contributed by atoms with E-state index in [0.29, 0.717) is 18.0 Å². The van der Waals surface area contributed by atoms with Crippen molar-refractivity contribution in [3.8, 4) is 10.6 Å². The fourth-order valence-electron chi connectivity index (χ4n) is 3.27. The van der Waals surface area contributed by atoms with Gasteiger partial charge in [-0.2, -0.15) is 5.10 Å². The molecule has 1 aliphatic rings. The third-order valence-corrected chi connectivity index (χ3v) is 7.13. The highest BCUT2D eigenvalue weighted by atomic mass is 32.2. The zero-order chi connectivity index (χ0) is 21.8. The Labute approximate surface area is 189 Å². The molecule has 2 amide bonds. The van der Waals surface area contributed by atoms with E-state index >= 15 is 0 Å². The van der Waals surface area contributed by atoms with Crippen molar-refractivity contribution < 1.29 is 9.59 Å².